The summed E-state index contributed by atoms with van der Waals surface area (Å²) in [4.78, 5) is 14.1. The van der Waals surface area contributed by atoms with Crippen LogP contribution in [0.1, 0.15) is 25.3 Å². The van der Waals surface area contributed by atoms with Crippen molar-refractivity contribution in [1.29, 1.82) is 0 Å². The fraction of sp³-hybridized carbons (Fsp3) is 0.458. The van der Waals surface area contributed by atoms with E-state index in [2.05, 4.69) is 4.72 Å². The Hall–Kier alpha value is -1.77. The van der Waals surface area contributed by atoms with Gasteiger partial charge in [-0.2, -0.15) is 0 Å². The second kappa shape index (κ2) is 9.84. The molecule has 4 rings (SSSR count). The fourth-order valence-corrected chi connectivity index (χ4v) is 5.10. The van der Waals surface area contributed by atoms with Crippen LogP contribution in [0.15, 0.2) is 36.4 Å². The van der Waals surface area contributed by atoms with Crippen molar-refractivity contribution in [2.24, 2.45) is 11.8 Å². The number of hydrogen-bond acceptors (Lipinski definition) is 3. The van der Waals surface area contributed by atoms with Crippen molar-refractivity contribution in [2.45, 2.75) is 38.2 Å². The van der Waals surface area contributed by atoms with Crippen molar-refractivity contribution < 1.29 is 22.4 Å². The van der Waals surface area contributed by atoms with E-state index in [0.717, 1.165) is 6.07 Å². The van der Waals surface area contributed by atoms with E-state index in [-0.39, 0.29) is 46.5 Å². The zero-order chi connectivity index (χ0) is 23.8. The van der Waals surface area contributed by atoms with E-state index in [1.165, 1.54) is 41.1 Å². The van der Waals surface area contributed by atoms with E-state index in [0.29, 0.717) is 18.6 Å². The Bertz CT molecular complexity index is 1030. The summed E-state index contributed by atoms with van der Waals surface area (Å²) in [5.74, 6) is -5.39. The minimum Gasteiger partial charge on any atom is -0.333 e. The summed E-state index contributed by atoms with van der Waals surface area (Å²) in [6.45, 7) is 1.23. The molecule has 9 heteroatoms. The van der Waals surface area contributed by atoms with E-state index in [1.54, 1.807) is 6.07 Å². The van der Waals surface area contributed by atoms with E-state index >= 15 is 13.2 Å². The predicted octanol–water partition coefficient (Wildman–Crippen LogP) is 5.96. The molecular formula is C24H25ClF4N2OS. The Morgan fingerprint density at radius 1 is 1.21 bits per heavy atom. The van der Waals surface area contributed by atoms with Gasteiger partial charge in [0, 0.05) is 40.4 Å². The highest BCUT2D eigenvalue weighted by molar-refractivity contribution is 7.97. The molecule has 1 aliphatic heterocycles. The molecule has 0 spiro atoms. The third-order valence-electron chi connectivity index (χ3n) is 6.27. The van der Waals surface area contributed by atoms with Gasteiger partial charge in [0.05, 0.1) is 12.5 Å². The maximum absolute atomic E-state index is 15.5. The average molecular weight is 501 g/mol. The quantitative estimate of drug-likeness (QED) is 0.276. The van der Waals surface area contributed by atoms with Crippen molar-refractivity contribution in [2.75, 3.05) is 18.8 Å². The highest BCUT2D eigenvalue weighted by Crippen LogP contribution is 2.43. The first kappa shape index (κ1) is 24.4. The molecule has 2 atom stereocenters. The molecule has 33 heavy (non-hydrogen) atoms. The SMILES string of the molecule is CCSNC[C@@H]1[C@H](Cc2cccc(-c3cc(Cl)ccc3F)c2F)N(C(=O)C2CC2)CC1(F)F. The highest BCUT2D eigenvalue weighted by Gasteiger charge is 2.56. The van der Waals surface area contributed by atoms with Crippen LogP contribution < -0.4 is 4.72 Å². The Balaban J connectivity index is 1.68. The van der Waals surface area contributed by atoms with Crippen LogP contribution in [-0.4, -0.2) is 41.6 Å². The molecule has 0 unspecified atom stereocenters. The molecule has 3 nitrogen and oxygen atoms in total. The van der Waals surface area contributed by atoms with Gasteiger partial charge in [-0.05, 0) is 43.0 Å². The first-order valence-corrected chi connectivity index (χ1v) is 12.3. The number of alkyl halides is 2. The number of nitrogens with zero attached hydrogens (tertiary/aromatic N) is 1. The molecule has 2 aromatic rings. The topological polar surface area (TPSA) is 32.3 Å². The lowest BCUT2D eigenvalue weighted by atomic mass is 9.90. The van der Waals surface area contributed by atoms with Crippen LogP contribution in [0, 0.1) is 23.5 Å². The minimum atomic E-state index is -3.09. The fourth-order valence-electron chi connectivity index (χ4n) is 4.43. The Morgan fingerprint density at radius 2 is 1.97 bits per heavy atom. The minimum absolute atomic E-state index is 0.00192. The number of rotatable bonds is 8. The predicted molar refractivity (Wildman–Crippen MR) is 123 cm³/mol. The zero-order valence-electron chi connectivity index (χ0n) is 18.1. The average Bonchev–Trinajstić information content (AvgIpc) is 3.58. The lowest BCUT2D eigenvalue weighted by Crippen LogP contribution is -2.42. The molecule has 1 saturated carbocycles. The number of hydrogen-bond donors (Lipinski definition) is 1. The summed E-state index contributed by atoms with van der Waals surface area (Å²) >= 11 is 7.29. The van der Waals surface area contributed by atoms with Gasteiger partial charge < -0.3 is 4.90 Å². The molecule has 1 N–H and O–H groups in total. The highest BCUT2D eigenvalue weighted by atomic mass is 35.5. The van der Waals surface area contributed by atoms with Crippen molar-refractivity contribution in [3.63, 3.8) is 0 Å². The first-order chi connectivity index (χ1) is 15.7. The first-order valence-electron chi connectivity index (χ1n) is 11.0. The van der Waals surface area contributed by atoms with E-state index in [4.69, 9.17) is 11.6 Å². The van der Waals surface area contributed by atoms with Gasteiger partial charge in [-0.1, -0.05) is 48.7 Å². The summed E-state index contributed by atoms with van der Waals surface area (Å²) in [6, 6.07) is 7.49. The number of halogens is 5. The van der Waals surface area contributed by atoms with E-state index in [1.807, 2.05) is 6.92 Å². The van der Waals surface area contributed by atoms with Crippen molar-refractivity contribution in [3.8, 4) is 11.1 Å². The van der Waals surface area contributed by atoms with Crippen LogP contribution in [0.3, 0.4) is 0 Å². The maximum Gasteiger partial charge on any atom is 0.271 e. The zero-order valence-corrected chi connectivity index (χ0v) is 19.7. The molecular weight excluding hydrogens is 476 g/mol. The van der Waals surface area contributed by atoms with Crippen LogP contribution >= 0.6 is 23.5 Å². The van der Waals surface area contributed by atoms with Crippen LogP contribution in [0.5, 0.6) is 0 Å². The second-order valence-electron chi connectivity index (χ2n) is 8.56. The monoisotopic (exact) mass is 500 g/mol. The number of nitrogens with one attached hydrogen (secondary N) is 1. The van der Waals surface area contributed by atoms with Crippen molar-refractivity contribution in [3.05, 3.63) is 58.6 Å². The van der Waals surface area contributed by atoms with Crippen LogP contribution in [0.2, 0.25) is 5.02 Å². The number of carbonyl (C=O) groups excluding carboxylic acids is 1. The summed E-state index contributed by atoms with van der Waals surface area (Å²) in [5.41, 5.74) is 0.173. The molecule has 2 aliphatic rings. The largest absolute Gasteiger partial charge is 0.333 e. The Morgan fingerprint density at radius 3 is 2.67 bits per heavy atom. The third kappa shape index (κ3) is 5.17. The summed E-state index contributed by atoms with van der Waals surface area (Å²) in [7, 11) is 0. The molecule has 2 aromatic carbocycles. The maximum atomic E-state index is 15.5. The Labute approximate surface area is 200 Å². The van der Waals surface area contributed by atoms with Gasteiger partial charge in [-0.3, -0.25) is 9.52 Å². The lowest BCUT2D eigenvalue weighted by molar-refractivity contribution is -0.134. The molecule has 2 fully saturated rings. The smallest absolute Gasteiger partial charge is 0.271 e. The molecule has 0 aromatic heterocycles. The molecule has 1 aliphatic carbocycles. The summed E-state index contributed by atoms with van der Waals surface area (Å²) in [5, 5.41) is 0.257. The third-order valence-corrected chi connectivity index (χ3v) is 7.17. The molecule has 1 saturated heterocycles. The second-order valence-corrected chi connectivity index (χ2v) is 10.2. The summed E-state index contributed by atoms with van der Waals surface area (Å²) in [6.07, 6.45) is 1.30. The van der Waals surface area contributed by atoms with Gasteiger partial charge in [0.1, 0.15) is 11.6 Å². The molecule has 178 valence electrons. The number of benzene rings is 2. The summed E-state index contributed by atoms with van der Waals surface area (Å²) < 4.78 is 62.9. The van der Waals surface area contributed by atoms with Gasteiger partial charge in [-0.25, -0.2) is 17.6 Å². The van der Waals surface area contributed by atoms with Crippen LogP contribution in [0.4, 0.5) is 17.6 Å². The normalized spacial score (nSPS) is 22.1. The van der Waals surface area contributed by atoms with Crippen molar-refractivity contribution in [1.82, 2.24) is 9.62 Å². The number of carbonyl (C=O) groups is 1. The van der Waals surface area contributed by atoms with Crippen molar-refractivity contribution >= 4 is 29.5 Å². The number of likely N-dealkylation sites (tertiary alicyclic amines) is 1. The molecule has 1 amide bonds. The van der Waals surface area contributed by atoms with Gasteiger partial charge in [-0.15, -0.1) is 0 Å². The lowest BCUT2D eigenvalue weighted by Gasteiger charge is -2.28. The molecule has 1 heterocycles. The Kier molecular flexibility index (Phi) is 7.26. The standard InChI is InChI=1S/C24H25ClF4N2OS/c1-2-33-30-12-19-21(31(13-24(19,28)29)23(32)14-6-7-14)10-15-4-3-5-17(22(15)27)18-11-16(25)8-9-20(18)26/h3-5,8-9,11,14,19,21,30H,2,6-7,10,12-13H2,1H3/t19-,21+/m1/s1. The van der Waals surface area contributed by atoms with Gasteiger partial charge >= 0.3 is 0 Å². The van der Waals surface area contributed by atoms with E-state index < -0.39 is 36.1 Å². The van der Waals surface area contributed by atoms with Gasteiger partial charge in [0.2, 0.25) is 5.91 Å². The number of amides is 1. The van der Waals surface area contributed by atoms with Gasteiger partial charge in [0.25, 0.3) is 5.92 Å². The van der Waals surface area contributed by atoms with Crippen LogP contribution in [0.25, 0.3) is 11.1 Å². The molecule has 0 radical (unpaired) electrons. The van der Waals surface area contributed by atoms with E-state index in [9.17, 15) is 9.18 Å². The molecule has 0 bridgehead atoms. The van der Waals surface area contributed by atoms with Gasteiger partial charge in [0.15, 0.2) is 0 Å². The van der Waals surface area contributed by atoms with Crippen LogP contribution in [-0.2, 0) is 11.2 Å².